The summed E-state index contributed by atoms with van der Waals surface area (Å²) in [5.41, 5.74) is 6.06. The van der Waals surface area contributed by atoms with Crippen molar-refractivity contribution in [2.75, 3.05) is 13.7 Å². The van der Waals surface area contributed by atoms with Crippen LogP contribution in [-0.4, -0.2) is 41.8 Å². The molecule has 0 aromatic heterocycles. The summed E-state index contributed by atoms with van der Waals surface area (Å²) in [7, 11) is 1.98. The Balaban J connectivity index is 1.47. The number of benzene rings is 2. The topological polar surface area (TPSA) is 61.8 Å². The van der Waals surface area contributed by atoms with E-state index in [1.165, 1.54) is 5.56 Å². The van der Waals surface area contributed by atoms with Gasteiger partial charge < -0.3 is 20.1 Å². The first-order valence-corrected chi connectivity index (χ1v) is 14.0. The van der Waals surface area contributed by atoms with Crippen molar-refractivity contribution in [1.29, 1.82) is 0 Å². The molecule has 1 aliphatic carbocycles. The lowest BCUT2D eigenvalue weighted by Crippen LogP contribution is -2.37. The number of aliphatic hydroxyl groups is 1. The average Bonchev–Trinajstić information content (AvgIpc) is 2.98. The molecule has 38 heavy (non-hydrogen) atoms. The number of hydrogen-bond donors (Lipinski definition) is 2. The molecule has 0 spiro atoms. The van der Waals surface area contributed by atoms with Crippen LogP contribution in [0.2, 0.25) is 0 Å². The van der Waals surface area contributed by atoms with Crippen LogP contribution in [0.5, 0.6) is 11.5 Å². The largest absolute Gasteiger partial charge is 0.457 e. The van der Waals surface area contributed by atoms with Gasteiger partial charge in [0.1, 0.15) is 23.4 Å². The first-order chi connectivity index (χ1) is 18.1. The van der Waals surface area contributed by atoms with Crippen molar-refractivity contribution in [2.45, 2.75) is 85.0 Å². The van der Waals surface area contributed by atoms with Crippen LogP contribution in [0.4, 0.5) is 4.39 Å². The summed E-state index contributed by atoms with van der Waals surface area (Å²) < 4.78 is 20.9. The number of ether oxygens (including phenoxy) is 1. The van der Waals surface area contributed by atoms with Crippen molar-refractivity contribution in [2.24, 2.45) is 11.8 Å². The smallest absolute Gasteiger partial charge is 0.267 e. The normalized spacial score (nSPS) is 24.2. The average molecular weight is 523 g/mol. The number of aryl methyl sites for hydroxylation is 3. The first kappa shape index (κ1) is 28.2. The highest BCUT2D eigenvalue weighted by molar-refractivity contribution is 5.94. The lowest BCUT2D eigenvalue weighted by Gasteiger charge is -2.28. The van der Waals surface area contributed by atoms with E-state index in [9.17, 15) is 9.18 Å². The third-order valence-corrected chi connectivity index (χ3v) is 8.55. The van der Waals surface area contributed by atoms with E-state index in [2.05, 4.69) is 29.3 Å². The number of aliphatic hydroxyl groups excluding tert-OH is 1. The summed E-state index contributed by atoms with van der Waals surface area (Å²) in [6, 6.07) is 12.0. The maximum atomic E-state index is 14.7. The second-order valence-electron chi connectivity index (χ2n) is 11.4. The SMILES string of the molecule is CC1=C(C(=O)N[C@H](C)c2cc(C)cc(Oc3ccc(CCCO)c(C)c3)c2)N(C)C2CCC(C)C(F)CC12. The summed E-state index contributed by atoms with van der Waals surface area (Å²) in [6.45, 7) is 10.2. The maximum Gasteiger partial charge on any atom is 0.267 e. The number of amides is 1. The number of halogens is 1. The van der Waals surface area contributed by atoms with Crippen molar-refractivity contribution in [1.82, 2.24) is 10.2 Å². The number of alkyl halides is 1. The van der Waals surface area contributed by atoms with E-state index in [1.807, 2.05) is 59.0 Å². The van der Waals surface area contributed by atoms with Gasteiger partial charge >= 0.3 is 0 Å². The van der Waals surface area contributed by atoms with E-state index >= 15 is 0 Å². The molecule has 206 valence electrons. The van der Waals surface area contributed by atoms with Gasteiger partial charge in [0, 0.05) is 25.6 Å². The fourth-order valence-electron chi connectivity index (χ4n) is 6.19. The Bertz CT molecular complexity index is 1190. The Labute approximate surface area is 227 Å². The molecule has 6 heteroatoms. The molecule has 0 bridgehead atoms. The Hall–Kier alpha value is -2.86. The van der Waals surface area contributed by atoms with Crippen LogP contribution in [0.15, 0.2) is 47.7 Å². The molecule has 4 unspecified atom stereocenters. The van der Waals surface area contributed by atoms with E-state index in [1.54, 1.807) is 0 Å². The molecule has 1 amide bonds. The van der Waals surface area contributed by atoms with E-state index in [0.717, 1.165) is 59.4 Å². The summed E-state index contributed by atoms with van der Waals surface area (Å²) >= 11 is 0. The Morgan fingerprint density at radius 3 is 2.63 bits per heavy atom. The van der Waals surface area contributed by atoms with Crippen molar-refractivity contribution >= 4 is 5.91 Å². The fourth-order valence-corrected chi connectivity index (χ4v) is 6.19. The number of nitrogens with zero attached hydrogens (tertiary/aromatic N) is 1. The minimum atomic E-state index is -0.819. The highest BCUT2D eigenvalue weighted by atomic mass is 19.1. The van der Waals surface area contributed by atoms with Crippen LogP contribution in [0.1, 0.15) is 74.8 Å². The number of carbonyl (C=O) groups is 1. The van der Waals surface area contributed by atoms with Crippen LogP contribution in [0, 0.1) is 25.7 Å². The number of rotatable bonds is 8. The maximum absolute atomic E-state index is 14.7. The number of nitrogens with one attached hydrogen (secondary N) is 1. The lowest BCUT2D eigenvalue weighted by molar-refractivity contribution is -0.119. The molecule has 0 saturated heterocycles. The third kappa shape index (κ3) is 6.06. The molecule has 2 aliphatic rings. The van der Waals surface area contributed by atoms with Gasteiger partial charge in [-0.3, -0.25) is 4.79 Å². The highest BCUT2D eigenvalue weighted by Gasteiger charge is 2.43. The summed E-state index contributed by atoms with van der Waals surface area (Å²) in [5.74, 6) is 1.55. The van der Waals surface area contributed by atoms with Gasteiger partial charge in [-0.15, -0.1) is 0 Å². The lowest BCUT2D eigenvalue weighted by atomic mass is 9.90. The van der Waals surface area contributed by atoms with E-state index < -0.39 is 6.17 Å². The molecule has 0 radical (unpaired) electrons. The molecule has 2 aromatic rings. The molecule has 5 nitrogen and oxygen atoms in total. The Morgan fingerprint density at radius 2 is 1.92 bits per heavy atom. The number of fused-ring (bicyclic) bond motifs is 1. The predicted molar refractivity (Wildman–Crippen MR) is 150 cm³/mol. The summed E-state index contributed by atoms with van der Waals surface area (Å²) in [4.78, 5) is 15.6. The third-order valence-electron chi connectivity index (χ3n) is 8.55. The minimum Gasteiger partial charge on any atom is -0.457 e. The zero-order valence-corrected chi connectivity index (χ0v) is 23.7. The van der Waals surface area contributed by atoms with Crippen LogP contribution < -0.4 is 10.1 Å². The highest BCUT2D eigenvalue weighted by Crippen LogP contribution is 2.43. The molecule has 1 aliphatic heterocycles. The van der Waals surface area contributed by atoms with Gasteiger partial charge in [-0.2, -0.15) is 0 Å². The van der Waals surface area contributed by atoms with Gasteiger partial charge in [0.05, 0.1) is 6.04 Å². The summed E-state index contributed by atoms with van der Waals surface area (Å²) in [6.07, 6.45) is 3.02. The molecular formula is C32H43FN2O3. The Kier molecular flexibility index (Phi) is 8.81. The van der Waals surface area contributed by atoms with Crippen molar-refractivity contribution < 1.29 is 19.0 Å². The van der Waals surface area contributed by atoms with Crippen LogP contribution in [0.3, 0.4) is 0 Å². The Morgan fingerprint density at radius 1 is 1.16 bits per heavy atom. The molecule has 2 N–H and O–H groups in total. The quantitative estimate of drug-likeness (QED) is 0.412. The van der Waals surface area contributed by atoms with Crippen molar-refractivity contribution in [3.8, 4) is 11.5 Å². The molecule has 1 fully saturated rings. The molecular weight excluding hydrogens is 479 g/mol. The van der Waals surface area contributed by atoms with Gasteiger partial charge in [0.25, 0.3) is 5.91 Å². The molecule has 1 saturated carbocycles. The van der Waals surface area contributed by atoms with Crippen LogP contribution in [0.25, 0.3) is 0 Å². The van der Waals surface area contributed by atoms with Crippen molar-refractivity contribution in [3.05, 3.63) is 69.9 Å². The van der Waals surface area contributed by atoms with Gasteiger partial charge in [0.15, 0.2) is 0 Å². The van der Waals surface area contributed by atoms with Crippen molar-refractivity contribution in [3.63, 3.8) is 0 Å². The van der Waals surface area contributed by atoms with Gasteiger partial charge in [0.2, 0.25) is 0 Å². The number of carbonyl (C=O) groups excluding carboxylic acids is 1. The van der Waals surface area contributed by atoms with E-state index in [4.69, 9.17) is 9.84 Å². The second-order valence-corrected chi connectivity index (χ2v) is 11.4. The molecule has 2 aromatic carbocycles. The molecule has 5 atom stereocenters. The molecule has 4 rings (SSSR count). The number of likely N-dealkylation sites (N-methyl/N-ethyl adjacent to an activating group) is 1. The summed E-state index contributed by atoms with van der Waals surface area (Å²) in [5, 5.41) is 12.3. The van der Waals surface area contributed by atoms with Crippen LogP contribution >= 0.6 is 0 Å². The van der Waals surface area contributed by atoms with Crippen LogP contribution in [-0.2, 0) is 11.2 Å². The zero-order chi connectivity index (χ0) is 27.6. The molecule has 1 heterocycles. The minimum absolute atomic E-state index is 0.0740. The van der Waals surface area contributed by atoms with E-state index in [0.29, 0.717) is 12.1 Å². The first-order valence-electron chi connectivity index (χ1n) is 14.0. The van der Waals surface area contributed by atoms with E-state index in [-0.39, 0.29) is 36.4 Å². The fraction of sp³-hybridized carbons (Fsp3) is 0.531. The van der Waals surface area contributed by atoms with Gasteiger partial charge in [-0.25, -0.2) is 4.39 Å². The second kappa shape index (κ2) is 11.9. The van der Waals surface area contributed by atoms with Gasteiger partial charge in [-0.05, 0) is 118 Å². The zero-order valence-electron chi connectivity index (χ0n) is 23.7. The van der Waals surface area contributed by atoms with Gasteiger partial charge in [-0.1, -0.05) is 19.1 Å². The standard InChI is InChI=1S/C32H43FN2O3/c1-19-14-25(17-27(15-19)38-26-11-10-24(8-7-13-36)21(3)16-26)23(5)34-32(37)31-22(4)28-18-29(33)20(2)9-12-30(28)35(31)6/h10-11,14-17,20,23,28-30,36H,7-9,12-13,18H2,1-6H3,(H,34,37)/t20?,23-,28?,29?,30?/m1/s1. The predicted octanol–water partition coefficient (Wildman–Crippen LogP) is 6.56. The monoisotopic (exact) mass is 522 g/mol. The number of hydrogen-bond acceptors (Lipinski definition) is 4.